The molecule has 0 atom stereocenters. The molecular formula is C22H23ClN2O3S. The minimum Gasteiger partial charge on any atom is -0.497 e. The van der Waals surface area contributed by atoms with Gasteiger partial charge in [0, 0.05) is 22.5 Å². The molecule has 0 fully saturated rings. The van der Waals surface area contributed by atoms with Gasteiger partial charge >= 0.3 is 0 Å². The van der Waals surface area contributed by atoms with Crippen molar-refractivity contribution in [3.8, 4) is 11.5 Å². The zero-order valence-corrected chi connectivity index (χ0v) is 18.0. The highest BCUT2D eigenvalue weighted by molar-refractivity contribution is 7.09. The molecule has 0 aliphatic carbocycles. The second-order valence-electron chi connectivity index (χ2n) is 6.43. The van der Waals surface area contributed by atoms with Crippen LogP contribution in [0.2, 0.25) is 5.02 Å². The largest absolute Gasteiger partial charge is 0.497 e. The molecule has 0 bridgehead atoms. The van der Waals surface area contributed by atoms with Gasteiger partial charge in [-0.25, -0.2) is 4.98 Å². The van der Waals surface area contributed by atoms with Crippen molar-refractivity contribution in [2.24, 2.45) is 0 Å². The van der Waals surface area contributed by atoms with E-state index in [4.69, 9.17) is 21.1 Å². The molecule has 0 unspecified atom stereocenters. The quantitative estimate of drug-likeness (QED) is 0.453. The van der Waals surface area contributed by atoms with Crippen molar-refractivity contribution in [3.63, 3.8) is 0 Å². The molecule has 0 N–H and O–H groups in total. The summed E-state index contributed by atoms with van der Waals surface area (Å²) in [6, 6.07) is 14.4. The molecule has 3 rings (SSSR count). The molecule has 1 amide bonds. The summed E-state index contributed by atoms with van der Waals surface area (Å²) in [6.45, 7) is 3.55. The summed E-state index contributed by atoms with van der Waals surface area (Å²) in [5, 5.41) is 3.46. The monoisotopic (exact) mass is 430 g/mol. The van der Waals surface area contributed by atoms with Gasteiger partial charge in [-0.15, -0.1) is 11.3 Å². The molecule has 152 valence electrons. The number of ether oxygens (including phenoxy) is 2. The van der Waals surface area contributed by atoms with Gasteiger partial charge in [0.15, 0.2) is 0 Å². The fourth-order valence-electron chi connectivity index (χ4n) is 2.82. The van der Waals surface area contributed by atoms with Crippen LogP contribution in [-0.4, -0.2) is 29.4 Å². The second-order valence-corrected chi connectivity index (χ2v) is 7.81. The van der Waals surface area contributed by atoms with Crippen LogP contribution in [0.4, 0.5) is 0 Å². The molecule has 1 aromatic heterocycles. The van der Waals surface area contributed by atoms with E-state index in [1.165, 1.54) is 11.3 Å². The highest BCUT2D eigenvalue weighted by Gasteiger charge is 2.17. The van der Waals surface area contributed by atoms with Gasteiger partial charge in [0.25, 0.3) is 5.91 Å². The van der Waals surface area contributed by atoms with Gasteiger partial charge in [0.2, 0.25) is 0 Å². The standard InChI is InChI=1S/C22H23ClN2O3S/c1-3-11-25(22(26)16-7-9-19(27-2)10-8-16)13-18-15-29-21(24-18)14-28-20-6-4-5-17(23)12-20/h4-10,12,15H,3,11,13-14H2,1-2H3. The van der Waals surface area contributed by atoms with Gasteiger partial charge in [-0.2, -0.15) is 0 Å². The van der Waals surface area contributed by atoms with Crippen LogP contribution in [-0.2, 0) is 13.2 Å². The molecule has 3 aromatic rings. The number of rotatable bonds is 9. The Balaban J connectivity index is 1.63. The zero-order chi connectivity index (χ0) is 20.6. The van der Waals surface area contributed by atoms with Crippen LogP contribution in [0.15, 0.2) is 53.9 Å². The average molecular weight is 431 g/mol. The van der Waals surface area contributed by atoms with E-state index in [-0.39, 0.29) is 5.91 Å². The van der Waals surface area contributed by atoms with Crippen molar-refractivity contribution < 1.29 is 14.3 Å². The minimum atomic E-state index is -0.0146. The molecule has 0 saturated carbocycles. The molecule has 0 saturated heterocycles. The van der Waals surface area contributed by atoms with Crippen LogP contribution < -0.4 is 9.47 Å². The molecule has 0 spiro atoms. The number of thiazole rings is 1. The minimum absolute atomic E-state index is 0.0146. The Kier molecular flexibility index (Phi) is 7.49. The summed E-state index contributed by atoms with van der Waals surface area (Å²) in [6.07, 6.45) is 0.872. The SMILES string of the molecule is CCCN(Cc1csc(COc2cccc(Cl)c2)n1)C(=O)c1ccc(OC)cc1. The third-order valence-corrected chi connectivity index (χ3v) is 5.33. The maximum Gasteiger partial charge on any atom is 0.254 e. The number of aromatic nitrogens is 1. The number of hydrogen-bond acceptors (Lipinski definition) is 5. The summed E-state index contributed by atoms with van der Waals surface area (Å²) in [5.41, 5.74) is 1.49. The first-order chi connectivity index (χ1) is 14.1. The molecule has 29 heavy (non-hydrogen) atoms. The van der Waals surface area contributed by atoms with E-state index >= 15 is 0 Å². The normalized spacial score (nSPS) is 10.6. The summed E-state index contributed by atoms with van der Waals surface area (Å²) in [7, 11) is 1.61. The molecule has 5 nitrogen and oxygen atoms in total. The van der Waals surface area contributed by atoms with Crippen molar-refractivity contribution in [1.29, 1.82) is 0 Å². The summed E-state index contributed by atoms with van der Waals surface area (Å²) in [4.78, 5) is 19.3. The van der Waals surface area contributed by atoms with Crippen molar-refractivity contribution in [3.05, 3.63) is 75.2 Å². The van der Waals surface area contributed by atoms with Crippen LogP contribution in [0.5, 0.6) is 11.5 Å². The predicted octanol–water partition coefficient (Wildman–Crippen LogP) is 5.44. The van der Waals surface area contributed by atoms with Gasteiger partial charge in [0.05, 0.1) is 19.3 Å². The second kappa shape index (κ2) is 10.3. The fourth-order valence-corrected chi connectivity index (χ4v) is 3.70. The predicted molar refractivity (Wildman–Crippen MR) is 116 cm³/mol. The third-order valence-electron chi connectivity index (χ3n) is 4.23. The first-order valence-corrected chi connectivity index (χ1v) is 10.6. The van der Waals surface area contributed by atoms with E-state index in [0.717, 1.165) is 22.9 Å². The van der Waals surface area contributed by atoms with E-state index in [1.807, 2.05) is 22.4 Å². The average Bonchev–Trinajstić information content (AvgIpc) is 3.19. The van der Waals surface area contributed by atoms with E-state index in [2.05, 4.69) is 11.9 Å². The van der Waals surface area contributed by atoms with Crippen molar-refractivity contribution >= 4 is 28.8 Å². The number of hydrogen-bond donors (Lipinski definition) is 0. The van der Waals surface area contributed by atoms with Crippen LogP contribution in [0, 0.1) is 0 Å². The van der Waals surface area contributed by atoms with Gasteiger partial charge in [-0.1, -0.05) is 24.6 Å². The van der Waals surface area contributed by atoms with Crippen molar-refractivity contribution in [1.82, 2.24) is 9.88 Å². The summed E-state index contributed by atoms with van der Waals surface area (Å²) >= 11 is 7.50. The maximum atomic E-state index is 12.9. The number of methoxy groups -OCH3 is 1. The number of halogens is 1. The Labute approximate surface area is 179 Å². The van der Waals surface area contributed by atoms with Gasteiger partial charge in [-0.3, -0.25) is 4.79 Å². The van der Waals surface area contributed by atoms with E-state index < -0.39 is 0 Å². The molecule has 0 aliphatic rings. The van der Waals surface area contributed by atoms with E-state index in [0.29, 0.717) is 36.0 Å². The lowest BCUT2D eigenvalue weighted by molar-refractivity contribution is 0.0741. The Hall–Kier alpha value is -2.57. The number of carbonyl (C=O) groups is 1. The number of nitrogens with zero attached hydrogens (tertiary/aromatic N) is 2. The zero-order valence-electron chi connectivity index (χ0n) is 16.4. The molecular weight excluding hydrogens is 408 g/mol. The Morgan fingerprint density at radius 3 is 2.66 bits per heavy atom. The summed E-state index contributed by atoms with van der Waals surface area (Å²) < 4.78 is 10.9. The Morgan fingerprint density at radius 2 is 1.97 bits per heavy atom. The molecule has 0 aliphatic heterocycles. The lowest BCUT2D eigenvalue weighted by Gasteiger charge is -2.21. The first kappa shape index (κ1) is 21.1. The van der Waals surface area contributed by atoms with Crippen molar-refractivity contribution in [2.45, 2.75) is 26.5 Å². The van der Waals surface area contributed by atoms with Crippen LogP contribution in [0.25, 0.3) is 0 Å². The highest BCUT2D eigenvalue weighted by atomic mass is 35.5. The van der Waals surface area contributed by atoms with Gasteiger partial charge < -0.3 is 14.4 Å². The van der Waals surface area contributed by atoms with Crippen LogP contribution in [0.1, 0.15) is 34.4 Å². The lowest BCUT2D eigenvalue weighted by atomic mass is 10.2. The number of amides is 1. The first-order valence-electron chi connectivity index (χ1n) is 9.34. The van der Waals surface area contributed by atoms with Gasteiger partial charge in [0.1, 0.15) is 23.1 Å². The van der Waals surface area contributed by atoms with Crippen LogP contribution in [0.3, 0.4) is 0 Å². The smallest absolute Gasteiger partial charge is 0.254 e. The van der Waals surface area contributed by atoms with Gasteiger partial charge in [-0.05, 0) is 48.9 Å². The molecule has 1 heterocycles. The Morgan fingerprint density at radius 1 is 1.17 bits per heavy atom. The fraction of sp³-hybridized carbons (Fsp3) is 0.273. The summed E-state index contributed by atoms with van der Waals surface area (Å²) in [5.74, 6) is 1.42. The molecule has 0 radical (unpaired) electrons. The number of carbonyl (C=O) groups excluding carboxylic acids is 1. The highest BCUT2D eigenvalue weighted by Crippen LogP contribution is 2.20. The van der Waals surface area contributed by atoms with E-state index in [1.54, 1.807) is 43.5 Å². The number of benzene rings is 2. The topological polar surface area (TPSA) is 51.7 Å². The third kappa shape index (κ3) is 5.95. The maximum absolute atomic E-state index is 12.9. The Bertz CT molecular complexity index is 943. The molecule has 7 heteroatoms. The lowest BCUT2D eigenvalue weighted by Crippen LogP contribution is -2.31. The van der Waals surface area contributed by atoms with Crippen molar-refractivity contribution in [2.75, 3.05) is 13.7 Å². The van der Waals surface area contributed by atoms with E-state index in [9.17, 15) is 4.79 Å². The molecule has 2 aromatic carbocycles. The van der Waals surface area contributed by atoms with Crippen LogP contribution >= 0.6 is 22.9 Å².